The van der Waals surface area contributed by atoms with Gasteiger partial charge in [-0.25, -0.2) is 0 Å². The second kappa shape index (κ2) is 7.81. The molecule has 0 saturated carbocycles. The lowest BCUT2D eigenvalue weighted by Gasteiger charge is -2.08. The van der Waals surface area contributed by atoms with Crippen LogP contribution in [-0.2, 0) is 9.59 Å². The van der Waals surface area contributed by atoms with Gasteiger partial charge in [0, 0.05) is 29.1 Å². The molecule has 0 atom stereocenters. The largest absolute Gasteiger partial charge is 0.326 e. The lowest BCUT2D eigenvalue weighted by atomic mass is 10.2. The maximum absolute atomic E-state index is 12.2. The lowest BCUT2D eigenvalue weighted by Crippen LogP contribution is -2.14. The van der Waals surface area contributed by atoms with Crippen LogP contribution < -0.4 is 10.6 Å². The SMILES string of the molecule is CC(=O)Nc1ccc(SCC(=O)Nc2cccc3cccnc23)cc1. The first kappa shape index (κ1) is 17.0. The number of pyridine rings is 1. The van der Waals surface area contributed by atoms with Gasteiger partial charge < -0.3 is 10.6 Å². The predicted octanol–water partition coefficient (Wildman–Crippen LogP) is 3.92. The van der Waals surface area contributed by atoms with Crippen LogP contribution in [0.1, 0.15) is 6.92 Å². The highest BCUT2D eigenvalue weighted by Gasteiger charge is 2.07. The van der Waals surface area contributed by atoms with Gasteiger partial charge in [0.25, 0.3) is 0 Å². The number of fused-ring (bicyclic) bond motifs is 1. The number of nitrogens with one attached hydrogen (secondary N) is 2. The van der Waals surface area contributed by atoms with Gasteiger partial charge in [-0.05, 0) is 36.4 Å². The molecule has 2 amide bonds. The lowest BCUT2D eigenvalue weighted by molar-refractivity contribution is -0.114. The molecule has 3 aromatic rings. The molecular formula is C19H17N3O2S. The van der Waals surface area contributed by atoms with Gasteiger partial charge in [0.1, 0.15) is 0 Å². The Hall–Kier alpha value is -2.86. The average molecular weight is 351 g/mol. The van der Waals surface area contributed by atoms with Crippen molar-refractivity contribution in [3.05, 3.63) is 60.8 Å². The number of amides is 2. The molecule has 0 aliphatic carbocycles. The summed E-state index contributed by atoms with van der Waals surface area (Å²) in [6.45, 7) is 1.47. The molecular weight excluding hydrogens is 334 g/mol. The highest BCUT2D eigenvalue weighted by atomic mass is 32.2. The number of aromatic nitrogens is 1. The van der Waals surface area contributed by atoms with Gasteiger partial charge in [0.05, 0.1) is 17.0 Å². The Morgan fingerprint density at radius 1 is 1.00 bits per heavy atom. The fourth-order valence-electron chi connectivity index (χ4n) is 2.38. The van der Waals surface area contributed by atoms with Crippen molar-refractivity contribution in [1.29, 1.82) is 0 Å². The summed E-state index contributed by atoms with van der Waals surface area (Å²) in [7, 11) is 0. The maximum atomic E-state index is 12.2. The van der Waals surface area contributed by atoms with Gasteiger partial charge in [-0.2, -0.15) is 0 Å². The van der Waals surface area contributed by atoms with E-state index in [2.05, 4.69) is 15.6 Å². The number of carbonyl (C=O) groups is 2. The van der Waals surface area contributed by atoms with E-state index in [0.717, 1.165) is 21.5 Å². The molecule has 2 N–H and O–H groups in total. The van der Waals surface area contributed by atoms with Crippen LogP contribution >= 0.6 is 11.8 Å². The van der Waals surface area contributed by atoms with Crippen molar-refractivity contribution in [2.75, 3.05) is 16.4 Å². The summed E-state index contributed by atoms with van der Waals surface area (Å²) in [6, 6.07) is 16.9. The van der Waals surface area contributed by atoms with E-state index in [-0.39, 0.29) is 11.8 Å². The molecule has 3 rings (SSSR count). The second-order valence-corrected chi connectivity index (χ2v) is 6.47. The van der Waals surface area contributed by atoms with Crippen LogP contribution in [0, 0.1) is 0 Å². The van der Waals surface area contributed by atoms with E-state index in [1.807, 2.05) is 54.6 Å². The van der Waals surface area contributed by atoms with Crippen molar-refractivity contribution < 1.29 is 9.59 Å². The molecule has 0 fully saturated rings. The molecule has 5 nitrogen and oxygen atoms in total. The van der Waals surface area contributed by atoms with Crippen molar-refractivity contribution >= 4 is 45.9 Å². The highest BCUT2D eigenvalue weighted by Crippen LogP contribution is 2.23. The number of hydrogen-bond donors (Lipinski definition) is 2. The number of benzene rings is 2. The molecule has 2 aromatic carbocycles. The molecule has 6 heteroatoms. The first-order chi connectivity index (χ1) is 12.1. The summed E-state index contributed by atoms with van der Waals surface area (Å²) >= 11 is 1.44. The molecule has 25 heavy (non-hydrogen) atoms. The quantitative estimate of drug-likeness (QED) is 0.684. The van der Waals surface area contributed by atoms with Gasteiger partial charge in [-0.3, -0.25) is 14.6 Å². The van der Waals surface area contributed by atoms with Crippen LogP contribution in [-0.4, -0.2) is 22.6 Å². The van der Waals surface area contributed by atoms with E-state index in [4.69, 9.17) is 0 Å². The molecule has 0 aliphatic rings. The predicted molar refractivity (Wildman–Crippen MR) is 102 cm³/mol. The monoisotopic (exact) mass is 351 g/mol. The normalized spacial score (nSPS) is 10.4. The molecule has 1 aromatic heterocycles. The Labute approximate surface area is 149 Å². The summed E-state index contributed by atoms with van der Waals surface area (Å²) < 4.78 is 0. The van der Waals surface area contributed by atoms with Crippen molar-refractivity contribution in [2.45, 2.75) is 11.8 Å². The molecule has 126 valence electrons. The summed E-state index contributed by atoms with van der Waals surface area (Å²) in [4.78, 5) is 28.5. The number of thioether (sulfide) groups is 1. The Morgan fingerprint density at radius 3 is 2.52 bits per heavy atom. The van der Waals surface area contributed by atoms with Crippen LogP contribution in [0.15, 0.2) is 65.7 Å². The minimum atomic E-state index is -0.108. The van der Waals surface area contributed by atoms with Crippen molar-refractivity contribution in [2.24, 2.45) is 0 Å². The first-order valence-electron chi connectivity index (χ1n) is 7.76. The third-order valence-corrected chi connectivity index (χ3v) is 4.46. The Morgan fingerprint density at radius 2 is 1.76 bits per heavy atom. The van der Waals surface area contributed by atoms with Gasteiger partial charge >= 0.3 is 0 Å². The number of nitrogens with zero attached hydrogens (tertiary/aromatic N) is 1. The Bertz CT molecular complexity index is 905. The van der Waals surface area contributed by atoms with Crippen molar-refractivity contribution in [3.8, 4) is 0 Å². The first-order valence-corrected chi connectivity index (χ1v) is 8.74. The average Bonchev–Trinajstić information content (AvgIpc) is 2.61. The molecule has 0 bridgehead atoms. The van der Waals surface area contributed by atoms with Crippen molar-refractivity contribution in [1.82, 2.24) is 4.98 Å². The van der Waals surface area contributed by atoms with E-state index < -0.39 is 0 Å². The Balaban J connectivity index is 1.60. The third-order valence-electron chi connectivity index (χ3n) is 3.45. The van der Waals surface area contributed by atoms with E-state index in [9.17, 15) is 9.59 Å². The zero-order valence-electron chi connectivity index (χ0n) is 13.7. The molecule has 1 heterocycles. The maximum Gasteiger partial charge on any atom is 0.234 e. The van der Waals surface area contributed by atoms with Crippen LogP contribution in [0.5, 0.6) is 0 Å². The van der Waals surface area contributed by atoms with E-state index in [0.29, 0.717) is 11.4 Å². The minimum absolute atomic E-state index is 0.0888. The molecule has 0 aliphatic heterocycles. The second-order valence-electron chi connectivity index (χ2n) is 5.42. The van der Waals surface area contributed by atoms with Crippen LogP contribution in [0.25, 0.3) is 10.9 Å². The Kier molecular flexibility index (Phi) is 5.30. The van der Waals surface area contributed by atoms with Gasteiger partial charge in [0.15, 0.2) is 0 Å². The van der Waals surface area contributed by atoms with Gasteiger partial charge in [-0.15, -0.1) is 11.8 Å². The fraction of sp³-hybridized carbons (Fsp3) is 0.105. The van der Waals surface area contributed by atoms with Crippen LogP contribution in [0.3, 0.4) is 0 Å². The zero-order chi connectivity index (χ0) is 17.6. The molecule has 0 spiro atoms. The smallest absolute Gasteiger partial charge is 0.234 e. The van der Waals surface area contributed by atoms with Crippen LogP contribution in [0.4, 0.5) is 11.4 Å². The number of rotatable bonds is 5. The fourth-order valence-corrected chi connectivity index (χ4v) is 3.08. The standard InChI is InChI=1S/C19H17N3O2S/c1-13(23)21-15-7-9-16(10-8-15)25-12-18(24)22-17-6-2-4-14-5-3-11-20-19(14)17/h2-11H,12H2,1H3,(H,21,23)(H,22,24). The minimum Gasteiger partial charge on any atom is -0.326 e. The summed E-state index contributed by atoms with van der Waals surface area (Å²) in [5.41, 5.74) is 2.23. The van der Waals surface area contributed by atoms with E-state index >= 15 is 0 Å². The zero-order valence-corrected chi connectivity index (χ0v) is 14.5. The summed E-state index contributed by atoms with van der Waals surface area (Å²) in [5.74, 6) is 0.0977. The summed E-state index contributed by atoms with van der Waals surface area (Å²) in [5, 5.41) is 6.61. The van der Waals surface area contributed by atoms with E-state index in [1.165, 1.54) is 18.7 Å². The third kappa shape index (κ3) is 4.58. The number of hydrogen-bond acceptors (Lipinski definition) is 4. The highest BCUT2D eigenvalue weighted by molar-refractivity contribution is 8.00. The topological polar surface area (TPSA) is 71.1 Å². The van der Waals surface area contributed by atoms with E-state index in [1.54, 1.807) is 6.20 Å². The number of carbonyl (C=O) groups excluding carboxylic acids is 2. The number of anilines is 2. The van der Waals surface area contributed by atoms with Crippen molar-refractivity contribution in [3.63, 3.8) is 0 Å². The molecule has 0 unspecified atom stereocenters. The van der Waals surface area contributed by atoms with Crippen LogP contribution in [0.2, 0.25) is 0 Å². The number of para-hydroxylation sites is 1. The molecule has 0 radical (unpaired) electrons. The van der Waals surface area contributed by atoms with Gasteiger partial charge in [0.2, 0.25) is 11.8 Å². The summed E-state index contributed by atoms with van der Waals surface area (Å²) in [6.07, 6.45) is 1.71. The van der Waals surface area contributed by atoms with Gasteiger partial charge in [-0.1, -0.05) is 18.2 Å². The molecule has 0 saturated heterocycles.